The van der Waals surface area contributed by atoms with Gasteiger partial charge in [0, 0.05) is 6.07 Å². The maximum absolute atomic E-state index is 10.1. The standard InChI is InChI=1S/C12H18N2O3/c1-8(2)16-11-6-4-5-10(11)14(15)12-7-9(3)17-13-12/h4,6-8,10-11,15H,5H2,1-3H3/t10-,11-/m1/s1. The Balaban J connectivity index is 2.06. The molecule has 0 aliphatic heterocycles. The lowest BCUT2D eigenvalue weighted by Gasteiger charge is -2.28. The van der Waals surface area contributed by atoms with Gasteiger partial charge in [-0.15, -0.1) is 0 Å². The number of hydrogen-bond donors (Lipinski definition) is 1. The maximum Gasteiger partial charge on any atom is 0.196 e. The van der Waals surface area contributed by atoms with Gasteiger partial charge < -0.3 is 9.26 Å². The van der Waals surface area contributed by atoms with Crippen LogP contribution in [0.4, 0.5) is 5.82 Å². The Kier molecular flexibility index (Phi) is 3.49. The first-order valence-electron chi connectivity index (χ1n) is 5.81. The van der Waals surface area contributed by atoms with Crippen LogP contribution >= 0.6 is 0 Å². The summed E-state index contributed by atoms with van der Waals surface area (Å²) in [5, 5.41) is 15.0. The molecule has 0 saturated carbocycles. The fourth-order valence-corrected chi connectivity index (χ4v) is 1.93. The van der Waals surface area contributed by atoms with Crippen LogP contribution in [0.1, 0.15) is 26.0 Å². The molecule has 1 aromatic heterocycles. The van der Waals surface area contributed by atoms with E-state index in [-0.39, 0.29) is 18.2 Å². The van der Waals surface area contributed by atoms with E-state index in [1.54, 1.807) is 13.0 Å². The van der Waals surface area contributed by atoms with Crippen molar-refractivity contribution >= 4 is 5.82 Å². The number of ether oxygens (including phenoxy) is 1. The third-order valence-corrected chi connectivity index (χ3v) is 2.68. The highest BCUT2D eigenvalue weighted by molar-refractivity contribution is 5.37. The van der Waals surface area contributed by atoms with Crippen molar-refractivity contribution in [2.24, 2.45) is 0 Å². The van der Waals surface area contributed by atoms with Gasteiger partial charge >= 0.3 is 0 Å². The van der Waals surface area contributed by atoms with E-state index < -0.39 is 0 Å². The van der Waals surface area contributed by atoms with E-state index in [9.17, 15) is 5.21 Å². The molecule has 0 radical (unpaired) electrons. The van der Waals surface area contributed by atoms with Crippen molar-refractivity contribution < 1.29 is 14.5 Å². The summed E-state index contributed by atoms with van der Waals surface area (Å²) in [6.45, 7) is 5.75. The summed E-state index contributed by atoms with van der Waals surface area (Å²) in [5.74, 6) is 1.10. The lowest BCUT2D eigenvalue weighted by molar-refractivity contribution is 0.00828. The van der Waals surface area contributed by atoms with Crippen molar-refractivity contribution in [3.05, 3.63) is 24.0 Å². The van der Waals surface area contributed by atoms with Gasteiger partial charge in [0.05, 0.1) is 18.2 Å². The molecule has 1 heterocycles. The molecule has 5 heteroatoms. The molecule has 0 aromatic carbocycles. The summed E-state index contributed by atoms with van der Waals surface area (Å²) in [7, 11) is 0. The molecule has 0 unspecified atom stereocenters. The van der Waals surface area contributed by atoms with Gasteiger partial charge in [-0.2, -0.15) is 0 Å². The topological polar surface area (TPSA) is 58.7 Å². The van der Waals surface area contributed by atoms with Gasteiger partial charge in [-0.3, -0.25) is 5.21 Å². The SMILES string of the molecule is Cc1cc(N(O)[C@@H]2CC=C[C@H]2OC(C)C)no1. The predicted octanol–water partition coefficient (Wildman–Crippen LogP) is 2.30. The van der Waals surface area contributed by atoms with Gasteiger partial charge in [0.2, 0.25) is 0 Å². The molecule has 0 spiro atoms. The first-order chi connectivity index (χ1) is 8.08. The van der Waals surface area contributed by atoms with Gasteiger partial charge in [-0.1, -0.05) is 17.3 Å². The quantitative estimate of drug-likeness (QED) is 0.644. The first kappa shape index (κ1) is 12.1. The van der Waals surface area contributed by atoms with Crippen LogP contribution in [-0.2, 0) is 4.74 Å². The predicted molar refractivity (Wildman–Crippen MR) is 63.1 cm³/mol. The largest absolute Gasteiger partial charge is 0.369 e. The highest BCUT2D eigenvalue weighted by Crippen LogP contribution is 2.25. The van der Waals surface area contributed by atoms with Gasteiger partial charge in [0.25, 0.3) is 0 Å². The monoisotopic (exact) mass is 238 g/mol. The number of hydrogen-bond acceptors (Lipinski definition) is 5. The molecule has 2 atom stereocenters. The fourth-order valence-electron chi connectivity index (χ4n) is 1.93. The Morgan fingerprint density at radius 2 is 2.35 bits per heavy atom. The van der Waals surface area contributed by atoms with Crippen LogP contribution in [0.2, 0.25) is 0 Å². The Hall–Kier alpha value is -1.33. The number of aryl methyl sites for hydroxylation is 1. The summed E-state index contributed by atoms with van der Waals surface area (Å²) < 4.78 is 10.7. The van der Waals surface area contributed by atoms with Crippen LogP contribution in [0, 0.1) is 6.92 Å². The molecular weight excluding hydrogens is 220 g/mol. The van der Waals surface area contributed by atoms with Crippen LogP contribution < -0.4 is 5.06 Å². The van der Waals surface area contributed by atoms with Crippen LogP contribution in [0.25, 0.3) is 0 Å². The minimum Gasteiger partial charge on any atom is -0.369 e. The van der Waals surface area contributed by atoms with Gasteiger partial charge in [-0.25, -0.2) is 5.06 Å². The van der Waals surface area contributed by atoms with Crippen molar-refractivity contribution in [1.29, 1.82) is 0 Å². The van der Waals surface area contributed by atoms with Crippen LogP contribution in [0.15, 0.2) is 22.7 Å². The van der Waals surface area contributed by atoms with E-state index in [4.69, 9.17) is 9.26 Å². The van der Waals surface area contributed by atoms with Crippen molar-refractivity contribution in [3.8, 4) is 0 Å². The van der Waals surface area contributed by atoms with Gasteiger partial charge in [-0.05, 0) is 27.2 Å². The zero-order valence-corrected chi connectivity index (χ0v) is 10.3. The van der Waals surface area contributed by atoms with Crippen LogP contribution in [0.3, 0.4) is 0 Å². The fraction of sp³-hybridized carbons (Fsp3) is 0.583. The highest BCUT2D eigenvalue weighted by atomic mass is 16.5. The molecule has 0 saturated heterocycles. The molecule has 0 fully saturated rings. The summed E-state index contributed by atoms with van der Waals surface area (Å²) in [6, 6.07) is 1.56. The summed E-state index contributed by atoms with van der Waals surface area (Å²) >= 11 is 0. The molecule has 1 aliphatic rings. The number of rotatable bonds is 4. The van der Waals surface area contributed by atoms with E-state index in [1.807, 2.05) is 26.0 Å². The summed E-state index contributed by atoms with van der Waals surface area (Å²) in [6.07, 6.45) is 4.73. The molecule has 0 bridgehead atoms. The van der Waals surface area contributed by atoms with Crippen LogP contribution in [-0.4, -0.2) is 28.6 Å². The molecule has 1 aromatic rings. The summed E-state index contributed by atoms with van der Waals surface area (Å²) in [5.41, 5.74) is 0. The Labute approximate surface area is 101 Å². The average Bonchev–Trinajstić information content (AvgIpc) is 2.85. The zero-order valence-electron chi connectivity index (χ0n) is 10.3. The molecule has 94 valence electrons. The number of hydroxylamine groups is 1. The van der Waals surface area contributed by atoms with E-state index in [2.05, 4.69) is 5.16 Å². The average molecular weight is 238 g/mol. The van der Waals surface area contributed by atoms with E-state index in [0.29, 0.717) is 11.6 Å². The Morgan fingerprint density at radius 1 is 1.59 bits per heavy atom. The Morgan fingerprint density at radius 3 is 2.94 bits per heavy atom. The van der Waals surface area contributed by atoms with Crippen molar-refractivity contribution in [3.63, 3.8) is 0 Å². The van der Waals surface area contributed by atoms with Crippen molar-refractivity contribution in [1.82, 2.24) is 5.16 Å². The molecule has 5 nitrogen and oxygen atoms in total. The second-order valence-electron chi connectivity index (χ2n) is 4.52. The van der Waals surface area contributed by atoms with E-state index in [1.165, 1.54) is 0 Å². The smallest absolute Gasteiger partial charge is 0.196 e. The van der Waals surface area contributed by atoms with Gasteiger partial charge in [0.1, 0.15) is 5.76 Å². The number of anilines is 1. The molecule has 0 amide bonds. The number of aromatic nitrogens is 1. The van der Waals surface area contributed by atoms with E-state index in [0.717, 1.165) is 11.5 Å². The zero-order chi connectivity index (χ0) is 12.4. The van der Waals surface area contributed by atoms with E-state index >= 15 is 0 Å². The molecule has 1 aliphatic carbocycles. The second-order valence-corrected chi connectivity index (χ2v) is 4.52. The van der Waals surface area contributed by atoms with Crippen LogP contribution in [0.5, 0.6) is 0 Å². The normalized spacial score (nSPS) is 23.6. The minimum absolute atomic E-state index is 0.114. The van der Waals surface area contributed by atoms with Crippen molar-refractivity contribution in [2.45, 2.75) is 45.4 Å². The summed E-state index contributed by atoms with van der Waals surface area (Å²) in [4.78, 5) is 0. The lowest BCUT2D eigenvalue weighted by Crippen LogP contribution is -2.41. The minimum atomic E-state index is -0.137. The maximum atomic E-state index is 10.1. The Bertz CT molecular complexity index is 400. The van der Waals surface area contributed by atoms with Gasteiger partial charge in [0.15, 0.2) is 5.82 Å². The lowest BCUT2D eigenvalue weighted by atomic mass is 10.2. The van der Waals surface area contributed by atoms with Crippen molar-refractivity contribution in [2.75, 3.05) is 5.06 Å². The highest BCUT2D eigenvalue weighted by Gasteiger charge is 2.31. The first-order valence-corrected chi connectivity index (χ1v) is 5.81. The molecular formula is C12H18N2O3. The molecule has 17 heavy (non-hydrogen) atoms. The third-order valence-electron chi connectivity index (χ3n) is 2.68. The molecule has 1 N–H and O–H groups in total. The number of nitrogens with zero attached hydrogens (tertiary/aromatic N) is 2. The third kappa shape index (κ3) is 2.68. The second kappa shape index (κ2) is 4.89. The molecule has 2 rings (SSSR count).